The van der Waals surface area contributed by atoms with E-state index in [1.165, 1.54) is 6.07 Å². The van der Waals surface area contributed by atoms with Gasteiger partial charge in [-0.25, -0.2) is 9.49 Å². The lowest BCUT2D eigenvalue weighted by molar-refractivity contribution is 0.409. The van der Waals surface area contributed by atoms with E-state index in [1.54, 1.807) is 26.3 Å². The van der Waals surface area contributed by atoms with Gasteiger partial charge in [0.25, 0.3) is 5.56 Å². The van der Waals surface area contributed by atoms with Gasteiger partial charge in [0, 0.05) is 29.8 Å². The quantitative estimate of drug-likeness (QED) is 0.907. The van der Waals surface area contributed by atoms with Crippen LogP contribution in [0.4, 0.5) is 10.1 Å². The molecule has 0 amide bonds. The van der Waals surface area contributed by atoms with E-state index < -0.39 is 0 Å². The van der Waals surface area contributed by atoms with E-state index in [-0.39, 0.29) is 11.4 Å². The Morgan fingerprint density at radius 3 is 2.85 bits per heavy atom. The van der Waals surface area contributed by atoms with Crippen LogP contribution in [0.15, 0.2) is 23.1 Å². The number of H-pyrrole nitrogens is 1. The largest absolute Gasteiger partial charge is 0.496 e. The molecule has 1 aromatic carbocycles. The number of fused-ring (bicyclic) bond motifs is 1. The monoisotopic (exact) mass is 275 g/mol. The topological polar surface area (TPSA) is 58.2 Å². The van der Waals surface area contributed by atoms with Crippen LogP contribution in [0.5, 0.6) is 5.75 Å². The number of nitrogens with zero attached hydrogens (tertiary/aromatic N) is 2. The van der Waals surface area contributed by atoms with Crippen LogP contribution in [0.2, 0.25) is 0 Å². The molecule has 0 atom stereocenters. The molecule has 0 unspecified atom stereocenters. The summed E-state index contributed by atoms with van der Waals surface area (Å²) in [5.41, 5.74) is 2.50. The summed E-state index contributed by atoms with van der Waals surface area (Å²) in [6.45, 7) is 2.64. The van der Waals surface area contributed by atoms with Crippen molar-refractivity contribution in [3.05, 3.63) is 51.2 Å². The summed E-state index contributed by atoms with van der Waals surface area (Å²) in [7, 11) is 1.57. The van der Waals surface area contributed by atoms with Crippen LogP contribution in [0, 0.1) is 12.7 Å². The third kappa shape index (κ3) is 1.84. The molecule has 0 spiro atoms. The van der Waals surface area contributed by atoms with Gasteiger partial charge < -0.3 is 9.64 Å². The fourth-order valence-corrected chi connectivity index (χ4v) is 2.55. The van der Waals surface area contributed by atoms with Crippen LogP contribution >= 0.6 is 0 Å². The number of benzene rings is 1. The second-order valence-electron chi connectivity index (χ2n) is 4.77. The van der Waals surface area contributed by atoms with E-state index in [0.717, 1.165) is 5.56 Å². The smallest absolute Gasteiger partial charge is 0.269 e. The van der Waals surface area contributed by atoms with Crippen LogP contribution < -0.4 is 15.2 Å². The van der Waals surface area contributed by atoms with Crippen molar-refractivity contribution in [1.29, 1.82) is 0 Å². The number of nitrogens with one attached hydrogen (secondary N) is 1. The molecule has 2 heterocycles. The zero-order valence-corrected chi connectivity index (χ0v) is 11.2. The summed E-state index contributed by atoms with van der Waals surface area (Å²) in [4.78, 5) is 13.5. The molecule has 6 heteroatoms. The Labute approximate surface area is 115 Å². The number of anilines is 1. The van der Waals surface area contributed by atoms with Gasteiger partial charge in [0.2, 0.25) is 0 Å². The van der Waals surface area contributed by atoms with Gasteiger partial charge in [-0.15, -0.1) is 0 Å². The molecule has 20 heavy (non-hydrogen) atoms. The number of hydrogen-bond donors (Lipinski definition) is 1. The van der Waals surface area contributed by atoms with Crippen molar-refractivity contribution >= 4 is 5.69 Å². The standard InChI is InChI=1S/C14H14FN3O2/c1-8-12(5-16-17-14(8)19)18-6-9-10(7-18)13(20-2)4-3-11(9)15/h3-5H,6-7H2,1-2H3,(H,17,19). The van der Waals surface area contributed by atoms with Gasteiger partial charge in [-0.3, -0.25) is 4.79 Å². The van der Waals surface area contributed by atoms with E-state index in [2.05, 4.69) is 10.2 Å². The first-order valence-electron chi connectivity index (χ1n) is 6.25. The number of aromatic nitrogens is 2. The van der Waals surface area contributed by atoms with Gasteiger partial charge >= 0.3 is 0 Å². The summed E-state index contributed by atoms with van der Waals surface area (Å²) in [5, 5.41) is 6.20. The molecule has 3 rings (SSSR count). The van der Waals surface area contributed by atoms with Crippen LogP contribution in [-0.2, 0) is 13.1 Å². The van der Waals surface area contributed by atoms with E-state index in [9.17, 15) is 9.18 Å². The minimum absolute atomic E-state index is 0.231. The Hall–Kier alpha value is -2.37. The summed E-state index contributed by atoms with van der Waals surface area (Å²) < 4.78 is 19.2. The molecule has 1 aromatic heterocycles. The van der Waals surface area contributed by atoms with Gasteiger partial charge in [0.05, 0.1) is 19.0 Å². The Balaban J connectivity index is 2.04. The highest BCUT2D eigenvalue weighted by molar-refractivity contribution is 5.57. The summed E-state index contributed by atoms with van der Waals surface area (Å²) in [5.74, 6) is 0.415. The molecule has 0 fully saturated rings. The molecule has 0 bridgehead atoms. The van der Waals surface area contributed by atoms with E-state index in [4.69, 9.17) is 4.74 Å². The maximum absolute atomic E-state index is 13.9. The summed E-state index contributed by atoms with van der Waals surface area (Å²) >= 11 is 0. The first-order chi connectivity index (χ1) is 9.61. The second kappa shape index (κ2) is 4.63. The summed E-state index contributed by atoms with van der Waals surface area (Å²) in [6.07, 6.45) is 1.59. The predicted octanol–water partition coefficient (Wildman–Crippen LogP) is 1.75. The maximum Gasteiger partial charge on any atom is 0.269 e. The number of aromatic amines is 1. The molecule has 104 valence electrons. The Morgan fingerprint density at radius 2 is 2.10 bits per heavy atom. The lowest BCUT2D eigenvalue weighted by atomic mass is 10.1. The summed E-state index contributed by atoms with van der Waals surface area (Å²) in [6, 6.07) is 3.03. The number of halogens is 1. The highest BCUT2D eigenvalue weighted by Gasteiger charge is 2.27. The van der Waals surface area contributed by atoms with E-state index in [0.29, 0.717) is 35.7 Å². The normalized spacial score (nSPS) is 13.4. The van der Waals surface area contributed by atoms with E-state index >= 15 is 0 Å². The minimum Gasteiger partial charge on any atom is -0.496 e. The number of ether oxygens (including phenoxy) is 1. The van der Waals surface area contributed by atoms with Crippen molar-refractivity contribution in [3.8, 4) is 5.75 Å². The van der Waals surface area contributed by atoms with Crippen molar-refractivity contribution < 1.29 is 9.13 Å². The lowest BCUT2D eigenvalue weighted by Gasteiger charge is -2.18. The minimum atomic E-state index is -0.251. The van der Waals surface area contributed by atoms with Gasteiger partial charge in [-0.2, -0.15) is 5.10 Å². The Bertz CT molecular complexity index is 727. The predicted molar refractivity (Wildman–Crippen MR) is 72.4 cm³/mol. The molecule has 1 aliphatic rings. The average molecular weight is 275 g/mol. The van der Waals surface area contributed by atoms with Crippen LogP contribution in [0.25, 0.3) is 0 Å². The fourth-order valence-electron chi connectivity index (χ4n) is 2.55. The van der Waals surface area contributed by atoms with Crippen molar-refractivity contribution in [1.82, 2.24) is 10.2 Å². The Morgan fingerprint density at radius 1 is 1.35 bits per heavy atom. The molecule has 0 saturated carbocycles. The Kier molecular flexibility index (Phi) is 2.93. The molecule has 5 nitrogen and oxygen atoms in total. The van der Waals surface area contributed by atoms with Crippen molar-refractivity contribution in [3.63, 3.8) is 0 Å². The SMILES string of the molecule is COc1ccc(F)c2c1CN(c1cn[nH]c(=O)c1C)C2. The average Bonchev–Trinajstić information content (AvgIpc) is 2.88. The lowest BCUT2D eigenvalue weighted by Crippen LogP contribution is -2.21. The zero-order valence-electron chi connectivity index (χ0n) is 11.2. The fraction of sp³-hybridized carbons (Fsp3) is 0.286. The highest BCUT2D eigenvalue weighted by Crippen LogP contribution is 2.35. The molecule has 0 radical (unpaired) electrons. The van der Waals surface area contributed by atoms with Crippen molar-refractivity contribution in [2.24, 2.45) is 0 Å². The maximum atomic E-state index is 13.9. The van der Waals surface area contributed by atoms with Crippen molar-refractivity contribution in [2.75, 3.05) is 12.0 Å². The van der Waals surface area contributed by atoms with Crippen LogP contribution in [-0.4, -0.2) is 17.3 Å². The van der Waals surface area contributed by atoms with Gasteiger partial charge in [-0.05, 0) is 19.1 Å². The molecule has 1 N–H and O–H groups in total. The van der Waals surface area contributed by atoms with Crippen LogP contribution in [0.1, 0.15) is 16.7 Å². The van der Waals surface area contributed by atoms with Crippen LogP contribution in [0.3, 0.4) is 0 Å². The third-order valence-electron chi connectivity index (χ3n) is 3.67. The zero-order chi connectivity index (χ0) is 14.3. The number of methoxy groups -OCH3 is 1. The first kappa shape index (κ1) is 12.7. The molecular formula is C14H14FN3O2. The number of rotatable bonds is 2. The molecular weight excluding hydrogens is 261 g/mol. The third-order valence-corrected chi connectivity index (χ3v) is 3.67. The van der Waals surface area contributed by atoms with Crippen molar-refractivity contribution in [2.45, 2.75) is 20.0 Å². The first-order valence-corrected chi connectivity index (χ1v) is 6.25. The second-order valence-corrected chi connectivity index (χ2v) is 4.77. The molecule has 1 aliphatic heterocycles. The van der Waals surface area contributed by atoms with Gasteiger partial charge in [0.15, 0.2) is 0 Å². The van der Waals surface area contributed by atoms with Gasteiger partial charge in [0.1, 0.15) is 11.6 Å². The molecule has 2 aromatic rings. The molecule has 0 aliphatic carbocycles. The van der Waals surface area contributed by atoms with Gasteiger partial charge in [-0.1, -0.05) is 0 Å². The number of hydrogen-bond acceptors (Lipinski definition) is 4. The van der Waals surface area contributed by atoms with E-state index in [1.807, 2.05) is 4.90 Å². The molecule has 0 saturated heterocycles. The highest BCUT2D eigenvalue weighted by atomic mass is 19.1.